The molecule has 0 atom stereocenters. The molecule has 0 spiro atoms. The van der Waals surface area contributed by atoms with Gasteiger partial charge in [0.2, 0.25) is 0 Å². The molecule has 30 heavy (non-hydrogen) atoms. The van der Waals surface area contributed by atoms with Crippen molar-refractivity contribution in [1.29, 1.82) is 0 Å². The number of nitrogens with zero attached hydrogens (tertiary/aromatic N) is 1. The Kier molecular flexibility index (Phi) is 6.41. The number of esters is 1. The van der Waals surface area contributed by atoms with E-state index in [1.165, 1.54) is 11.3 Å². The number of carbonyl (C=O) groups is 2. The Hall–Kier alpha value is -3.33. The fraction of sp³-hybridized carbons (Fsp3) is 0.286. The van der Waals surface area contributed by atoms with Crippen LogP contribution >= 0.6 is 11.3 Å². The minimum absolute atomic E-state index is 0.266. The second kappa shape index (κ2) is 9.00. The van der Waals surface area contributed by atoms with Crippen LogP contribution in [0.3, 0.4) is 0 Å². The minimum atomic E-state index is -0.451. The van der Waals surface area contributed by atoms with Crippen molar-refractivity contribution in [2.24, 2.45) is 0 Å². The normalized spacial score (nSPS) is 10.6. The molecule has 0 radical (unpaired) electrons. The van der Waals surface area contributed by atoms with Gasteiger partial charge in [0.25, 0.3) is 5.91 Å². The zero-order chi connectivity index (χ0) is 21.8. The summed E-state index contributed by atoms with van der Waals surface area (Å²) in [7, 11) is 3.14. The number of aryl methyl sites for hydroxylation is 1. The highest BCUT2D eigenvalue weighted by Crippen LogP contribution is 2.33. The van der Waals surface area contributed by atoms with Crippen LogP contribution in [0.4, 0.5) is 5.13 Å². The third kappa shape index (κ3) is 4.16. The van der Waals surface area contributed by atoms with Crippen LogP contribution in [0.25, 0.3) is 11.3 Å². The van der Waals surface area contributed by atoms with E-state index in [0.717, 1.165) is 5.56 Å². The van der Waals surface area contributed by atoms with Crippen LogP contribution in [-0.2, 0) is 4.74 Å². The number of aromatic nitrogens is 2. The van der Waals surface area contributed by atoms with Gasteiger partial charge in [0, 0.05) is 16.6 Å². The second-order valence-corrected chi connectivity index (χ2v) is 7.27. The van der Waals surface area contributed by atoms with Crippen molar-refractivity contribution in [3.63, 3.8) is 0 Å². The van der Waals surface area contributed by atoms with E-state index in [1.807, 2.05) is 17.5 Å². The van der Waals surface area contributed by atoms with Crippen molar-refractivity contribution in [3.05, 3.63) is 46.1 Å². The van der Waals surface area contributed by atoms with Gasteiger partial charge in [-0.3, -0.25) is 10.1 Å². The molecule has 0 aliphatic rings. The summed E-state index contributed by atoms with van der Waals surface area (Å²) in [4.78, 5) is 32.3. The van der Waals surface area contributed by atoms with Crippen LogP contribution in [0.5, 0.6) is 11.5 Å². The van der Waals surface area contributed by atoms with E-state index in [1.54, 1.807) is 41.1 Å². The van der Waals surface area contributed by atoms with Crippen LogP contribution in [0.2, 0.25) is 0 Å². The lowest BCUT2D eigenvalue weighted by Crippen LogP contribution is -2.14. The molecule has 0 bridgehead atoms. The number of amides is 1. The highest BCUT2D eigenvalue weighted by atomic mass is 32.1. The van der Waals surface area contributed by atoms with Crippen LogP contribution in [0.15, 0.2) is 23.6 Å². The maximum atomic E-state index is 12.7. The van der Waals surface area contributed by atoms with Gasteiger partial charge in [-0.1, -0.05) is 0 Å². The van der Waals surface area contributed by atoms with Gasteiger partial charge in [0.15, 0.2) is 16.6 Å². The first-order valence-electron chi connectivity index (χ1n) is 9.25. The lowest BCUT2D eigenvalue weighted by Gasteiger charge is -2.08. The molecule has 0 aliphatic carbocycles. The molecule has 0 aliphatic heterocycles. The van der Waals surface area contributed by atoms with Gasteiger partial charge < -0.3 is 19.2 Å². The number of benzene rings is 1. The molecule has 1 aromatic carbocycles. The molecule has 2 aromatic heterocycles. The SMILES string of the molecule is CCOC(=O)c1c(C)[nH]c(C(=O)Nc2nc(-c3ccc(OC)c(OC)c3)cs2)c1C. The number of hydrogen-bond acceptors (Lipinski definition) is 7. The maximum Gasteiger partial charge on any atom is 0.340 e. The van der Waals surface area contributed by atoms with Crippen LogP contribution < -0.4 is 14.8 Å². The van der Waals surface area contributed by atoms with Crippen molar-refractivity contribution in [2.45, 2.75) is 20.8 Å². The number of aromatic amines is 1. The zero-order valence-corrected chi connectivity index (χ0v) is 18.2. The van der Waals surface area contributed by atoms with Gasteiger partial charge in [-0.2, -0.15) is 0 Å². The van der Waals surface area contributed by atoms with Crippen LogP contribution in [-0.4, -0.2) is 42.7 Å². The molecule has 0 saturated carbocycles. The molecule has 8 nitrogen and oxygen atoms in total. The Balaban J connectivity index is 1.81. The lowest BCUT2D eigenvalue weighted by atomic mass is 10.1. The molecule has 0 saturated heterocycles. The van der Waals surface area contributed by atoms with Gasteiger partial charge in [0.05, 0.1) is 32.1 Å². The first kappa shape index (κ1) is 21.4. The summed E-state index contributed by atoms with van der Waals surface area (Å²) in [6.45, 7) is 5.44. The maximum absolute atomic E-state index is 12.7. The van der Waals surface area contributed by atoms with E-state index >= 15 is 0 Å². The molecular weight excluding hydrogens is 406 g/mol. The molecule has 3 aromatic rings. The van der Waals surface area contributed by atoms with Gasteiger partial charge in [-0.15, -0.1) is 11.3 Å². The lowest BCUT2D eigenvalue weighted by molar-refractivity contribution is 0.0525. The van der Waals surface area contributed by atoms with Gasteiger partial charge in [-0.05, 0) is 44.5 Å². The van der Waals surface area contributed by atoms with Crippen LogP contribution in [0, 0.1) is 13.8 Å². The molecule has 0 unspecified atom stereocenters. The van der Waals surface area contributed by atoms with Crippen molar-refractivity contribution in [2.75, 3.05) is 26.1 Å². The average molecular weight is 429 g/mol. The van der Waals surface area contributed by atoms with Gasteiger partial charge >= 0.3 is 5.97 Å². The first-order valence-corrected chi connectivity index (χ1v) is 10.1. The number of carbonyl (C=O) groups excluding carboxylic acids is 2. The molecular formula is C21H23N3O5S. The van der Waals surface area contributed by atoms with E-state index in [4.69, 9.17) is 14.2 Å². The molecule has 158 valence electrons. The Morgan fingerprint density at radius 3 is 2.57 bits per heavy atom. The third-order valence-electron chi connectivity index (χ3n) is 4.55. The second-order valence-electron chi connectivity index (χ2n) is 6.41. The molecule has 1 amide bonds. The van der Waals surface area contributed by atoms with E-state index in [9.17, 15) is 9.59 Å². The summed E-state index contributed by atoms with van der Waals surface area (Å²) >= 11 is 1.30. The minimum Gasteiger partial charge on any atom is -0.493 e. The largest absolute Gasteiger partial charge is 0.493 e. The van der Waals surface area contributed by atoms with E-state index in [-0.39, 0.29) is 12.5 Å². The quantitative estimate of drug-likeness (QED) is 0.546. The number of rotatable bonds is 7. The first-order chi connectivity index (χ1) is 14.4. The number of H-pyrrole nitrogens is 1. The summed E-state index contributed by atoms with van der Waals surface area (Å²) < 4.78 is 15.7. The predicted molar refractivity (Wildman–Crippen MR) is 115 cm³/mol. The molecule has 3 rings (SSSR count). The third-order valence-corrected chi connectivity index (χ3v) is 5.31. The summed E-state index contributed by atoms with van der Waals surface area (Å²) in [5.41, 5.74) is 3.34. The number of thiazole rings is 1. The summed E-state index contributed by atoms with van der Waals surface area (Å²) in [5, 5.41) is 5.06. The summed E-state index contributed by atoms with van der Waals surface area (Å²) in [5.74, 6) is 0.393. The van der Waals surface area contributed by atoms with Crippen molar-refractivity contribution in [3.8, 4) is 22.8 Å². The topological polar surface area (TPSA) is 103 Å². The molecule has 9 heteroatoms. The van der Waals surface area contributed by atoms with Crippen LogP contribution in [0.1, 0.15) is 39.0 Å². The van der Waals surface area contributed by atoms with E-state index in [2.05, 4.69) is 15.3 Å². The smallest absolute Gasteiger partial charge is 0.340 e. The molecule has 2 heterocycles. The molecule has 2 N–H and O–H groups in total. The van der Waals surface area contributed by atoms with E-state index in [0.29, 0.717) is 44.8 Å². The average Bonchev–Trinajstić information content (AvgIpc) is 3.31. The number of methoxy groups -OCH3 is 2. The van der Waals surface area contributed by atoms with Crippen molar-refractivity contribution in [1.82, 2.24) is 9.97 Å². The number of nitrogens with one attached hydrogen (secondary N) is 2. The van der Waals surface area contributed by atoms with Crippen molar-refractivity contribution < 1.29 is 23.8 Å². The Labute approximate surface area is 178 Å². The van der Waals surface area contributed by atoms with Crippen molar-refractivity contribution >= 4 is 28.3 Å². The van der Waals surface area contributed by atoms with Gasteiger partial charge in [0.1, 0.15) is 5.69 Å². The monoisotopic (exact) mass is 429 g/mol. The molecule has 0 fully saturated rings. The fourth-order valence-electron chi connectivity index (χ4n) is 3.11. The Bertz CT molecular complexity index is 1090. The standard InChI is InChI=1S/C21H23N3O5S/c1-6-29-20(26)17-11(2)18(22-12(17)3)19(25)24-21-23-14(10-30-21)13-7-8-15(27-4)16(9-13)28-5/h7-10,22H,6H2,1-5H3,(H,23,24,25). The zero-order valence-electron chi connectivity index (χ0n) is 17.4. The summed E-state index contributed by atoms with van der Waals surface area (Å²) in [6, 6.07) is 5.49. The Morgan fingerprint density at radius 2 is 1.90 bits per heavy atom. The number of ether oxygens (including phenoxy) is 3. The van der Waals surface area contributed by atoms with E-state index < -0.39 is 5.97 Å². The number of hydrogen-bond donors (Lipinski definition) is 2. The fourth-order valence-corrected chi connectivity index (χ4v) is 3.82. The van der Waals surface area contributed by atoms with Gasteiger partial charge in [-0.25, -0.2) is 9.78 Å². The predicted octanol–water partition coefficient (Wildman–Crippen LogP) is 4.20. The highest BCUT2D eigenvalue weighted by molar-refractivity contribution is 7.14. The number of anilines is 1. The highest BCUT2D eigenvalue weighted by Gasteiger charge is 2.23. The Morgan fingerprint density at radius 1 is 1.17 bits per heavy atom. The summed E-state index contributed by atoms with van der Waals surface area (Å²) in [6.07, 6.45) is 0.